The number of nitrogens with zero attached hydrogens (tertiary/aromatic N) is 1. The first-order valence-corrected chi connectivity index (χ1v) is 6.38. The van der Waals surface area contributed by atoms with Crippen LogP contribution in [0.25, 0.3) is 0 Å². The molecule has 86 valence electrons. The van der Waals surface area contributed by atoms with Crippen LogP contribution in [0.3, 0.4) is 0 Å². The topological polar surface area (TPSA) is 20.3 Å². The van der Waals surface area contributed by atoms with Crippen LogP contribution in [0.4, 0.5) is 0 Å². The minimum absolute atomic E-state index is 0.342. The number of amides is 1. The van der Waals surface area contributed by atoms with Gasteiger partial charge in [-0.3, -0.25) is 4.79 Å². The molecule has 0 saturated heterocycles. The summed E-state index contributed by atoms with van der Waals surface area (Å²) in [6.07, 6.45) is 6.38. The first-order chi connectivity index (χ1) is 7.08. The molecular weight excluding hydrogens is 186 g/mol. The highest BCUT2D eigenvalue weighted by atomic mass is 16.2. The Morgan fingerprint density at radius 3 is 2.47 bits per heavy atom. The normalized spacial score (nSPS) is 27.3. The molecule has 0 aromatic rings. The highest BCUT2D eigenvalue weighted by Gasteiger charge is 2.50. The van der Waals surface area contributed by atoms with Crippen molar-refractivity contribution >= 4 is 5.91 Å². The molecule has 2 aliphatic rings. The van der Waals surface area contributed by atoms with Gasteiger partial charge in [0.15, 0.2) is 0 Å². The third-order valence-electron chi connectivity index (χ3n) is 4.26. The van der Waals surface area contributed by atoms with Gasteiger partial charge in [-0.15, -0.1) is 0 Å². The fraction of sp³-hybridized carbons (Fsp3) is 0.923. The zero-order valence-electron chi connectivity index (χ0n) is 10.3. The van der Waals surface area contributed by atoms with Gasteiger partial charge in [0.1, 0.15) is 0 Å². The van der Waals surface area contributed by atoms with Crippen molar-refractivity contribution in [1.82, 2.24) is 4.90 Å². The molecule has 0 aromatic carbocycles. The lowest BCUT2D eigenvalue weighted by Crippen LogP contribution is -2.40. The molecule has 2 rings (SSSR count). The van der Waals surface area contributed by atoms with Crippen LogP contribution in [0, 0.1) is 11.3 Å². The van der Waals surface area contributed by atoms with E-state index in [2.05, 4.69) is 20.8 Å². The van der Waals surface area contributed by atoms with Gasteiger partial charge in [0.05, 0.1) is 0 Å². The fourth-order valence-electron chi connectivity index (χ4n) is 3.06. The number of hydrogen-bond donors (Lipinski definition) is 0. The van der Waals surface area contributed by atoms with Gasteiger partial charge >= 0.3 is 0 Å². The van der Waals surface area contributed by atoms with Crippen molar-refractivity contribution in [1.29, 1.82) is 0 Å². The lowest BCUT2D eigenvalue weighted by molar-refractivity contribution is -0.136. The van der Waals surface area contributed by atoms with Gasteiger partial charge in [0.25, 0.3) is 0 Å². The van der Waals surface area contributed by atoms with Crippen molar-refractivity contribution < 1.29 is 4.79 Å². The lowest BCUT2D eigenvalue weighted by Gasteiger charge is -2.28. The van der Waals surface area contributed by atoms with E-state index >= 15 is 0 Å². The van der Waals surface area contributed by atoms with Gasteiger partial charge < -0.3 is 4.90 Å². The van der Waals surface area contributed by atoms with E-state index in [0.29, 0.717) is 23.3 Å². The average molecular weight is 209 g/mol. The molecule has 2 aliphatic carbocycles. The molecule has 0 N–H and O–H groups in total. The second kappa shape index (κ2) is 3.80. The molecule has 0 unspecified atom stereocenters. The number of carbonyl (C=O) groups excluding carboxylic acids is 1. The standard InChI is InChI=1S/C13H23NO/c1-4-14(10(2)3)12(15)11-5-6-13(9-11)7-8-13/h10-11H,4-9H2,1-3H3/t11-/m1/s1. The Hall–Kier alpha value is -0.530. The molecule has 0 aromatic heterocycles. The van der Waals surface area contributed by atoms with Crippen molar-refractivity contribution in [3.63, 3.8) is 0 Å². The quantitative estimate of drug-likeness (QED) is 0.700. The van der Waals surface area contributed by atoms with Gasteiger partial charge in [-0.2, -0.15) is 0 Å². The zero-order chi connectivity index (χ0) is 11.1. The minimum atomic E-state index is 0.342. The molecule has 2 saturated carbocycles. The van der Waals surface area contributed by atoms with Crippen LogP contribution in [-0.2, 0) is 4.79 Å². The van der Waals surface area contributed by atoms with E-state index in [1.54, 1.807) is 0 Å². The predicted molar refractivity (Wildman–Crippen MR) is 61.5 cm³/mol. The Labute approximate surface area is 93.0 Å². The van der Waals surface area contributed by atoms with E-state index in [1.165, 1.54) is 25.7 Å². The molecule has 2 nitrogen and oxygen atoms in total. The first-order valence-electron chi connectivity index (χ1n) is 6.38. The van der Waals surface area contributed by atoms with Gasteiger partial charge in [-0.1, -0.05) is 0 Å². The number of rotatable bonds is 3. The van der Waals surface area contributed by atoms with Crippen LogP contribution in [0.2, 0.25) is 0 Å². The van der Waals surface area contributed by atoms with Crippen LogP contribution in [-0.4, -0.2) is 23.4 Å². The summed E-state index contributed by atoms with van der Waals surface area (Å²) in [5.41, 5.74) is 0.622. The molecule has 0 radical (unpaired) electrons. The molecule has 15 heavy (non-hydrogen) atoms. The SMILES string of the molecule is CCN(C(=O)[C@@H]1CCC2(CC2)C1)C(C)C. The molecule has 1 atom stereocenters. The van der Waals surface area contributed by atoms with Crippen LogP contribution in [0.1, 0.15) is 52.9 Å². The Balaban J connectivity index is 1.95. The lowest BCUT2D eigenvalue weighted by atomic mass is 10.0. The van der Waals surface area contributed by atoms with Crippen molar-refractivity contribution in [2.75, 3.05) is 6.54 Å². The highest BCUT2D eigenvalue weighted by Crippen LogP contribution is 2.59. The van der Waals surface area contributed by atoms with Crippen LogP contribution in [0.15, 0.2) is 0 Å². The van der Waals surface area contributed by atoms with Crippen LogP contribution in [0.5, 0.6) is 0 Å². The summed E-state index contributed by atoms with van der Waals surface area (Å²) in [6.45, 7) is 7.17. The van der Waals surface area contributed by atoms with Crippen molar-refractivity contribution in [2.45, 2.75) is 58.9 Å². The van der Waals surface area contributed by atoms with Crippen LogP contribution >= 0.6 is 0 Å². The molecule has 1 spiro atoms. The van der Waals surface area contributed by atoms with Crippen LogP contribution < -0.4 is 0 Å². The maximum absolute atomic E-state index is 12.3. The Bertz CT molecular complexity index is 255. The van der Waals surface area contributed by atoms with Gasteiger partial charge in [-0.05, 0) is 58.3 Å². The fourth-order valence-corrected chi connectivity index (χ4v) is 3.06. The first kappa shape index (κ1) is 11.0. The van der Waals surface area contributed by atoms with E-state index in [-0.39, 0.29) is 0 Å². The largest absolute Gasteiger partial charge is 0.340 e. The third kappa shape index (κ3) is 2.04. The smallest absolute Gasteiger partial charge is 0.225 e. The summed E-state index contributed by atoms with van der Waals surface area (Å²) in [5, 5.41) is 0. The molecule has 0 bridgehead atoms. The van der Waals surface area contributed by atoms with E-state index in [4.69, 9.17) is 0 Å². The van der Waals surface area contributed by atoms with E-state index < -0.39 is 0 Å². The average Bonchev–Trinajstić information content (AvgIpc) is 2.76. The van der Waals surface area contributed by atoms with Crippen molar-refractivity contribution in [2.24, 2.45) is 11.3 Å². The summed E-state index contributed by atoms with van der Waals surface area (Å²) in [7, 11) is 0. The molecule has 2 fully saturated rings. The van der Waals surface area contributed by atoms with E-state index in [1.807, 2.05) is 4.90 Å². The molecule has 0 aliphatic heterocycles. The van der Waals surface area contributed by atoms with Crippen molar-refractivity contribution in [3.8, 4) is 0 Å². The summed E-state index contributed by atoms with van der Waals surface area (Å²) in [5.74, 6) is 0.756. The Morgan fingerprint density at radius 1 is 1.40 bits per heavy atom. The maximum atomic E-state index is 12.3. The summed E-state index contributed by atoms with van der Waals surface area (Å²) in [6, 6.07) is 0.359. The Morgan fingerprint density at radius 2 is 2.07 bits per heavy atom. The van der Waals surface area contributed by atoms with E-state index in [0.717, 1.165) is 13.0 Å². The van der Waals surface area contributed by atoms with Gasteiger partial charge in [0.2, 0.25) is 5.91 Å². The summed E-state index contributed by atoms with van der Waals surface area (Å²) in [4.78, 5) is 14.3. The predicted octanol–water partition coefficient (Wildman–Crippen LogP) is 2.82. The number of hydrogen-bond acceptors (Lipinski definition) is 1. The van der Waals surface area contributed by atoms with Crippen molar-refractivity contribution in [3.05, 3.63) is 0 Å². The summed E-state index contributed by atoms with van der Waals surface area (Å²) < 4.78 is 0. The summed E-state index contributed by atoms with van der Waals surface area (Å²) >= 11 is 0. The maximum Gasteiger partial charge on any atom is 0.225 e. The van der Waals surface area contributed by atoms with E-state index in [9.17, 15) is 4.79 Å². The minimum Gasteiger partial charge on any atom is -0.340 e. The van der Waals surface area contributed by atoms with Gasteiger partial charge in [-0.25, -0.2) is 0 Å². The second-order valence-electron chi connectivity index (χ2n) is 5.66. The Kier molecular flexibility index (Phi) is 2.78. The molecule has 2 heteroatoms. The third-order valence-corrected chi connectivity index (χ3v) is 4.26. The molecule has 1 amide bonds. The molecular formula is C13H23NO. The highest BCUT2D eigenvalue weighted by molar-refractivity contribution is 5.79. The van der Waals surface area contributed by atoms with Gasteiger partial charge in [0, 0.05) is 18.5 Å². The molecule has 0 heterocycles. The number of carbonyl (C=O) groups is 1. The monoisotopic (exact) mass is 209 g/mol. The zero-order valence-corrected chi connectivity index (χ0v) is 10.3. The second-order valence-corrected chi connectivity index (χ2v) is 5.66.